The topological polar surface area (TPSA) is 140 Å². The highest BCUT2D eigenvalue weighted by atomic mass is 19.1. The minimum absolute atomic E-state index is 0.00409. The number of rotatable bonds is 6. The van der Waals surface area contributed by atoms with Crippen molar-refractivity contribution in [1.82, 2.24) is 0 Å². The van der Waals surface area contributed by atoms with E-state index in [1.807, 2.05) is 0 Å². The van der Waals surface area contributed by atoms with Crippen LogP contribution >= 0.6 is 0 Å². The number of carbonyl (C=O) groups is 2. The van der Waals surface area contributed by atoms with Crippen molar-refractivity contribution in [2.75, 3.05) is 0 Å². The molecule has 0 bridgehead atoms. The van der Waals surface area contributed by atoms with Gasteiger partial charge >= 0.3 is 11.9 Å². The Balaban J connectivity index is 1.66. The molecule has 0 aliphatic carbocycles. The summed E-state index contributed by atoms with van der Waals surface area (Å²) in [5.74, 6) is -8.78. The molecule has 4 N–H and O–H groups in total. The number of hydrogen-bond acceptors (Lipinski definition) is 4. The van der Waals surface area contributed by atoms with Crippen LogP contribution in [0.3, 0.4) is 0 Å². The molecule has 0 atom stereocenters. The Hall–Kier alpha value is -6.56. The van der Waals surface area contributed by atoms with Gasteiger partial charge in [0.15, 0.2) is 23.3 Å². The second kappa shape index (κ2) is 11.1. The first-order valence-corrected chi connectivity index (χ1v) is 14.1. The van der Waals surface area contributed by atoms with Crippen LogP contribution in [-0.2, 0) is 0 Å². The smallest absolute Gasteiger partial charge is 0.336 e. The van der Waals surface area contributed by atoms with Crippen LogP contribution in [0.2, 0.25) is 0 Å². The number of benzene rings is 7. The number of aliphatic imine (C=N–C) groups is 2. The summed E-state index contributed by atoms with van der Waals surface area (Å²) in [6, 6.07) is 17.1. The number of hydrogen-bond donors (Lipinski definition) is 4. The Morgan fingerprint density at radius 2 is 0.708 bits per heavy atom. The highest BCUT2D eigenvalue weighted by molar-refractivity contribution is 6.38. The predicted molar refractivity (Wildman–Crippen MR) is 172 cm³/mol. The Labute approximate surface area is 266 Å². The van der Waals surface area contributed by atoms with E-state index in [2.05, 4.69) is 9.98 Å². The first kappa shape index (κ1) is 30.1. The summed E-state index contributed by atoms with van der Waals surface area (Å²) in [5, 5.41) is 44.6. The maximum Gasteiger partial charge on any atom is 0.336 e. The van der Waals surface area contributed by atoms with Gasteiger partial charge in [-0.3, -0.25) is 0 Å². The average Bonchev–Trinajstić information content (AvgIpc) is 3.05. The quantitative estimate of drug-likeness (QED) is 0.0466. The predicted octanol–water partition coefficient (Wildman–Crippen LogP) is 8.96. The van der Waals surface area contributed by atoms with Crippen LogP contribution in [0.25, 0.3) is 43.1 Å². The molecule has 0 spiro atoms. The number of aliphatic hydroxyl groups excluding tert-OH is 2. The Morgan fingerprint density at radius 3 is 1.02 bits per heavy atom. The Morgan fingerprint density at radius 1 is 0.417 bits per heavy atom. The molecule has 0 saturated heterocycles. The largest absolute Gasteiger partial charge is 0.493 e. The Bertz CT molecular complexity index is 2390. The van der Waals surface area contributed by atoms with E-state index in [0.717, 1.165) is 36.4 Å². The summed E-state index contributed by atoms with van der Waals surface area (Å²) in [7, 11) is 0. The summed E-state index contributed by atoms with van der Waals surface area (Å²) in [6.45, 7) is 0. The molecule has 0 radical (unpaired) electrons. The molecule has 0 unspecified atom stereocenters. The van der Waals surface area contributed by atoms with E-state index >= 15 is 0 Å². The summed E-state index contributed by atoms with van der Waals surface area (Å²) < 4.78 is 58.2. The summed E-state index contributed by atoms with van der Waals surface area (Å²) in [4.78, 5) is 32.0. The lowest BCUT2D eigenvalue weighted by atomic mass is 9.84. The number of carboxylic acid groups (broad SMARTS) is 2. The SMILES string of the molecule is O=C(O)c1ccc2c3ccc(C(O)=Nc4c(F)cccc4F)c4c(C(O)=Nc5c(F)cccc5F)ccc(c5ccc(C(=O)O)c1c25)c43. The maximum absolute atomic E-state index is 14.6. The van der Waals surface area contributed by atoms with E-state index in [9.17, 15) is 47.6 Å². The van der Waals surface area contributed by atoms with Gasteiger partial charge in [0, 0.05) is 21.9 Å². The van der Waals surface area contributed by atoms with Crippen LogP contribution in [0, 0.1) is 23.3 Å². The van der Waals surface area contributed by atoms with E-state index in [1.165, 1.54) is 48.5 Å². The van der Waals surface area contributed by atoms with Crippen LogP contribution in [0.5, 0.6) is 0 Å². The first-order valence-electron chi connectivity index (χ1n) is 14.1. The van der Waals surface area contributed by atoms with Crippen LogP contribution in [-0.4, -0.2) is 44.2 Å². The molecule has 7 aromatic carbocycles. The zero-order valence-electron chi connectivity index (χ0n) is 24.1. The standard InChI is InChI=1S/C36H18F4N2O6/c37-23-3-1-4-24(38)31(23)41-33(43)19-11-7-15-17-9-13-21(35(45)46)30-22(36(47)48)14-10-18(28(17)30)16-8-12-20(29(19)27(15)16)34(44)42-32-25(39)5-2-6-26(32)40/h1-14H,(H,41,43)(H,42,44)(H,45,46)(H,47,48). The van der Waals surface area contributed by atoms with Crippen LogP contribution in [0.15, 0.2) is 94.9 Å². The first-order chi connectivity index (χ1) is 23.0. The van der Waals surface area contributed by atoms with Crippen molar-refractivity contribution in [2.45, 2.75) is 0 Å². The highest BCUT2D eigenvalue weighted by Crippen LogP contribution is 2.44. The molecule has 0 saturated carbocycles. The van der Waals surface area contributed by atoms with Crippen LogP contribution in [0.4, 0.5) is 28.9 Å². The van der Waals surface area contributed by atoms with Crippen molar-refractivity contribution >= 4 is 78.2 Å². The maximum atomic E-state index is 14.6. The molecule has 7 rings (SSSR count). The zero-order chi connectivity index (χ0) is 34.0. The molecule has 12 heteroatoms. The van der Waals surface area contributed by atoms with Crippen molar-refractivity contribution in [3.05, 3.63) is 130 Å². The van der Waals surface area contributed by atoms with E-state index in [0.29, 0.717) is 32.3 Å². The number of para-hydroxylation sites is 2. The van der Waals surface area contributed by atoms with Crippen molar-refractivity contribution in [1.29, 1.82) is 0 Å². The lowest BCUT2D eigenvalue weighted by Crippen LogP contribution is -2.08. The van der Waals surface area contributed by atoms with Crippen molar-refractivity contribution in [3.63, 3.8) is 0 Å². The van der Waals surface area contributed by atoms with Gasteiger partial charge < -0.3 is 20.4 Å². The van der Waals surface area contributed by atoms with Gasteiger partial charge in [0.05, 0.1) is 11.1 Å². The third kappa shape index (κ3) is 4.53. The minimum atomic E-state index is -1.36. The Kier molecular flexibility index (Phi) is 6.93. The molecule has 0 fully saturated rings. The van der Waals surface area contributed by atoms with Gasteiger partial charge in [0.2, 0.25) is 11.8 Å². The van der Waals surface area contributed by atoms with Gasteiger partial charge in [-0.15, -0.1) is 0 Å². The summed E-state index contributed by atoms with van der Waals surface area (Å²) in [5.41, 5.74) is -2.44. The molecular weight excluding hydrogens is 632 g/mol. The molecule has 48 heavy (non-hydrogen) atoms. The van der Waals surface area contributed by atoms with Gasteiger partial charge in [-0.1, -0.05) is 36.4 Å². The zero-order valence-corrected chi connectivity index (χ0v) is 24.1. The fraction of sp³-hybridized carbons (Fsp3) is 0. The fourth-order valence-electron chi connectivity index (χ4n) is 6.14. The number of aromatic carboxylic acids is 2. The van der Waals surface area contributed by atoms with Crippen molar-refractivity contribution in [3.8, 4) is 0 Å². The third-order valence-electron chi connectivity index (χ3n) is 8.15. The average molecular weight is 651 g/mol. The summed E-state index contributed by atoms with van der Waals surface area (Å²) >= 11 is 0. The van der Waals surface area contributed by atoms with Gasteiger partial charge in [-0.2, -0.15) is 0 Å². The van der Waals surface area contributed by atoms with E-state index < -0.39 is 58.4 Å². The molecule has 0 aliphatic heterocycles. The highest BCUT2D eigenvalue weighted by Gasteiger charge is 2.25. The monoisotopic (exact) mass is 650 g/mol. The molecule has 236 valence electrons. The van der Waals surface area contributed by atoms with Gasteiger partial charge in [-0.25, -0.2) is 37.1 Å². The van der Waals surface area contributed by atoms with Crippen molar-refractivity contribution < 1.29 is 47.6 Å². The molecule has 0 aliphatic rings. The van der Waals surface area contributed by atoms with Crippen LogP contribution < -0.4 is 0 Å². The number of halogens is 4. The van der Waals surface area contributed by atoms with Crippen LogP contribution in [0.1, 0.15) is 31.8 Å². The number of nitrogens with zero attached hydrogens (tertiary/aromatic N) is 2. The normalized spacial score (nSPS) is 12.5. The third-order valence-corrected chi connectivity index (χ3v) is 8.15. The van der Waals surface area contributed by atoms with E-state index in [-0.39, 0.29) is 33.0 Å². The lowest BCUT2D eigenvalue weighted by Gasteiger charge is -2.19. The van der Waals surface area contributed by atoms with Gasteiger partial charge in [-0.05, 0) is 80.8 Å². The molecular formula is C36H18F4N2O6. The summed E-state index contributed by atoms with van der Waals surface area (Å²) in [6.07, 6.45) is 0. The molecule has 0 heterocycles. The minimum Gasteiger partial charge on any atom is -0.493 e. The fourth-order valence-corrected chi connectivity index (χ4v) is 6.14. The second-order valence-corrected chi connectivity index (χ2v) is 10.8. The van der Waals surface area contributed by atoms with Gasteiger partial charge in [0.1, 0.15) is 11.4 Å². The van der Waals surface area contributed by atoms with Gasteiger partial charge in [0.25, 0.3) is 0 Å². The molecule has 8 nitrogen and oxygen atoms in total. The number of carboxylic acids is 2. The second-order valence-electron chi connectivity index (χ2n) is 10.8. The number of aliphatic hydroxyl groups is 2. The molecule has 0 amide bonds. The van der Waals surface area contributed by atoms with E-state index in [4.69, 9.17) is 0 Å². The molecule has 0 aromatic heterocycles. The molecule has 7 aromatic rings. The van der Waals surface area contributed by atoms with Crippen molar-refractivity contribution in [2.24, 2.45) is 9.98 Å². The van der Waals surface area contributed by atoms with E-state index in [1.54, 1.807) is 0 Å². The lowest BCUT2D eigenvalue weighted by molar-refractivity contribution is 0.0695. The number of fused-ring (bicyclic) bond motifs is 2.